The van der Waals surface area contributed by atoms with Gasteiger partial charge in [-0.15, -0.1) is 0 Å². The van der Waals surface area contributed by atoms with E-state index in [0.717, 1.165) is 36.2 Å². The van der Waals surface area contributed by atoms with Crippen LogP contribution in [0.3, 0.4) is 0 Å². The maximum absolute atomic E-state index is 13.4. The van der Waals surface area contributed by atoms with Gasteiger partial charge in [0.15, 0.2) is 0 Å². The van der Waals surface area contributed by atoms with Crippen LogP contribution >= 0.6 is 11.6 Å². The number of hydrogen-bond donors (Lipinski definition) is 0. The Hall–Kier alpha value is -2.70. The lowest BCUT2D eigenvalue weighted by Gasteiger charge is -2.32. The van der Waals surface area contributed by atoms with Crippen LogP contribution in [0.5, 0.6) is 0 Å². The molecule has 2 unspecified atom stereocenters. The number of ether oxygens (including phenoxy) is 1. The van der Waals surface area contributed by atoms with Gasteiger partial charge in [-0.2, -0.15) is 5.10 Å². The molecule has 2 aliphatic heterocycles. The fraction of sp³-hybridized carbons (Fsp3) is 0.400. The minimum atomic E-state index is -0.180. The molecule has 1 amide bonds. The zero-order valence-corrected chi connectivity index (χ0v) is 19.0. The van der Waals surface area contributed by atoms with E-state index in [0.29, 0.717) is 24.6 Å². The maximum Gasteiger partial charge on any atom is 0.310 e. The highest BCUT2D eigenvalue weighted by molar-refractivity contribution is 6.30. The normalized spacial score (nSPS) is 21.3. The summed E-state index contributed by atoms with van der Waals surface area (Å²) in [6, 6.07) is 17.4. The van der Waals surface area contributed by atoms with E-state index in [4.69, 9.17) is 21.4 Å². The number of likely N-dealkylation sites (tertiary alicyclic amines) is 1. The summed E-state index contributed by atoms with van der Waals surface area (Å²) >= 11 is 6.08. The monoisotopic (exact) mass is 453 g/mol. The molecule has 0 spiro atoms. The van der Waals surface area contributed by atoms with Gasteiger partial charge in [0.2, 0.25) is 0 Å². The number of esters is 1. The number of hydrogen-bond acceptors (Lipinski definition) is 5. The van der Waals surface area contributed by atoms with Crippen LogP contribution in [0.2, 0.25) is 5.02 Å². The van der Waals surface area contributed by atoms with Crippen molar-refractivity contribution >= 4 is 29.2 Å². The van der Waals surface area contributed by atoms with Crippen molar-refractivity contribution in [1.82, 2.24) is 9.91 Å². The fourth-order valence-electron chi connectivity index (χ4n) is 4.41. The number of piperidine rings is 1. The van der Waals surface area contributed by atoms with Gasteiger partial charge in [0.05, 0.1) is 30.8 Å². The van der Waals surface area contributed by atoms with Crippen molar-refractivity contribution in [2.45, 2.75) is 32.2 Å². The molecular weight excluding hydrogens is 426 g/mol. The second-order valence-corrected chi connectivity index (χ2v) is 8.69. The third-order valence-electron chi connectivity index (χ3n) is 6.01. The Labute approximate surface area is 193 Å². The molecule has 2 aromatic carbocycles. The van der Waals surface area contributed by atoms with E-state index in [1.165, 1.54) is 0 Å². The van der Waals surface area contributed by atoms with E-state index in [2.05, 4.69) is 0 Å². The number of rotatable bonds is 6. The summed E-state index contributed by atoms with van der Waals surface area (Å²) in [5.74, 6) is -0.417. The predicted octanol–water partition coefficient (Wildman–Crippen LogP) is 4.29. The number of benzene rings is 2. The summed E-state index contributed by atoms with van der Waals surface area (Å²) in [5.41, 5.74) is 2.91. The van der Waals surface area contributed by atoms with Crippen molar-refractivity contribution in [2.75, 3.05) is 26.2 Å². The zero-order valence-electron chi connectivity index (χ0n) is 18.2. The van der Waals surface area contributed by atoms with Crippen molar-refractivity contribution in [3.63, 3.8) is 0 Å². The third kappa shape index (κ3) is 5.19. The molecule has 1 saturated heterocycles. The highest BCUT2D eigenvalue weighted by Crippen LogP contribution is 2.33. The second-order valence-electron chi connectivity index (χ2n) is 8.25. The van der Waals surface area contributed by atoms with Crippen LogP contribution in [0.4, 0.5) is 0 Å². The Morgan fingerprint density at radius 2 is 1.88 bits per heavy atom. The lowest BCUT2D eigenvalue weighted by atomic mass is 9.97. The number of carbonyl (C=O) groups excluding carboxylic acids is 2. The SMILES string of the molecule is CCOC(=O)C1CCCN(CC(=O)N2N=C(c3ccccc3)CC2c2ccc(Cl)cc2)C1. The molecule has 6 nitrogen and oxygen atoms in total. The average Bonchev–Trinajstić information content (AvgIpc) is 3.26. The first-order chi connectivity index (χ1) is 15.5. The first kappa shape index (κ1) is 22.5. The fourth-order valence-corrected chi connectivity index (χ4v) is 4.53. The first-order valence-electron chi connectivity index (χ1n) is 11.1. The summed E-state index contributed by atoms with van der Waals surface area (Å²) in [6.45, 7) is 3.75. The standard InChI is InChI=1S/C25H28ClN3O3/c1-2-32-25(31)20-9-6-14-28(16-20)17-24(30)29-23(19-10-12-21(26)13-11-19)15-22(27-29)18-7-4-3-5-8-18/h3-5,7-8,10-13,20,23H,2,6,9,14-17H2,1H3. The number of halogens is 1. The van der Waals surface area contributed by atoms with Crippen LogP contribution < -0.4 is 0 Å². The summed E-state index contributed by atoms with van der Waals surface area (Å²) in [7, 11) is 0. The lowest BCUT2D eigenvalue weighted by Crippen LogP contribution is -2.44. The van der Waals surface area contributed by atoms with Gasteiger partial charge in [-0.25, -0.2) is 5.01 Å². The van der Waals surface area contributed by atoms with Crippen molar-refractivity contribution < 1.29 is 14.3 Å². The number of carbonyl (C=O) groups is 2. The summed E-state index contributed by atoms with van der Waals surface area (Å²) < 4.78 is 5.19. The molecule has 0 saturated carbocycles. The molecule has 1 fully saturated rings. The average molecular weight is 454 g/mol. The van der Waals surface area contributed by atoms with Gasteiger partial charge in [-0.3, -0.25) is 14.5 Å². The molecule has 0 bridgehead atoms. The van der Waals surface area contributed by atoms with Crippen molar-refractivity contribution in [3.8, 4) is 0 Å². The van der Waals surface area contributed by atoms with Crippen LogP contribution in [-0.4, -0.2) is 53.7 Å². The molecule has 0 radical (unpaired) electrons. The van der Waals surface area contributed by atoms with Gasteiger partial charge in [0.1, 0.15) is 0 Å². The van der Waals surface area contributed by atoms with Crippen LogP contribution in [0.25, 0.3) is 0 Å². The van der Waals surface area contributed by atoms with Gasteiger partial charge >= 0.3 is 5.97 Å². The zero-order chi connectivity index (χ0) is 22.5. The summed E-state index contributed by atoms with van der Waals surface area (Å²) in [6.07, 6.45) is 2.32. The molecule has 0 aromatic heterocycles. The summed E-state index contributed by atoms with van der Waals surface area (Å²) in [5, 5.41) is 7.01. The maximum atomic E-state index is 13.4. The lowest BCUT2D eigenvalue weighted by molar-refractivity contribution is -0.150. The molecule has 7 heteroatoms. The van der Waals surface area contributed by atoms with Gasteiger partial charge in [0.25, 0.3) is 5.91 Å². The van der Waals surface area contributed by atoms with E-state index in [1.54, 1.807) is 5.01 Å². The third-order valence-corrected chi connectivity index (χ3v) is 6.26. The van der Waals surface area contributed by atoms with E-state index in [-0.39, 0.29) is 30.4 Å². The molecule has 2 aliphatic rings. The molecule has 0 aliphatic carbocycles. The highest BCUT2D eigenvalue weighted by atomic mass is 35.5. The van der Waals surface area contributed by atoms with Gasteiger partial charge in [0, 0.05) is 18.0 Å². The second kappa shape index (κ2) is 10.3. The van der Waals surface area contributed by atoms with Gasteiger partial charge in [-0.1, -0.05) is 54.1 Å². The van der Waals surface area contributed by atoms with Crippen molar-refractivity contribution in [3.05, 3.63) is 70.7 Å². The van der Waals surface area contributed by atoms with Crippen LogP contribution in [0, 0.1) is 5.92 Å². The van der Waals surface area contributed by atoms with Crippen molar-refractivity contribution in [1.29, 1.82) is 0 Å². The molecular formula is C25H28ClN3O3. The van der Waals surface area contributed by atoms with Crippen molar-refractivity contribution in [2.24, 2.45) is 11.0 Å². The van der Waals surface area contributed by atoms with E-state index < -0.39 is 0 Å². The molecule has 0 N–H and O–H groups in total. The Morgan fingerprint density at radius 3 is 2.59 bits per heavy atom. The minimum absolute atomic E-state index is 0.0691. The van der Waals surface area contributed by atoms with Crippen LogP contribution in [0.1, 0.15) is 43.4 Å². The Bertz CT molecular complexity index is 978. The number of amides is 1. The first-order valence-corrected chi connectivity index (χ1v) is 11.5. The quantitative estimate of drug-likeness (QED) is 0.612. The van der Waals surface area contributed by atoms with E-state index >= 15 is 0 Å². The van der Waals surface area contributed by atoms with Crippen LogP contribution in [0.15, 0.2) is 59.7 Å². The summed E-state index contributed by atoms with van der Waals surface area (Å²) in [4.78, 5) is 27.6. The topological polar surface area (TPSA) is 62.2 Å². The predicted molar refractivity (Wildman–Crippen MR) is 124 cm³/mol. The molecule has 2 atom stereocenters. The van der Waals surface area contributed by atoms with Crippen LogP contribution in [-0.2, 0) is 14.3 Å². The number of hydrazone groups is 1. The molecule has 168 valence electrons. The van der Waals surface area contributed by atoms with Gasteiger partial charge in [-0.05, 0) is 49.6 Å². The number of nitrogens with zero attached hydrogens (tertiary/aromatic N) is 3. The van der Waals surface area contributed by atoms with E-state index in [9.17, 15) is 9.59 Å². The smallest absolute Gasteiger partial charge is 0.310 e. The Morgan fingerprint density at radius 1 is 1.12 bits per heavy atom. The van der Waals surface area contributed by atoms with E-state index in [1.807, 2.05) is 66.4 Å². The molecule has 4 rings (SSSR count). The van der Waals surface area contributed by atoms with Gasteiger partial charge < -0.3 is 4.74 Å². The molecule has 2 aromatic rings. The highest BCUT2D eigenvalue weighted by Gasteiger charge is 2.35. The molecule has 32 heavy (non-hydrogen) atoms. The molecule has 2 heterocycles. The Balaban J connectivity index is 1.52. The Kier molecular flexibility index (Phi) is 7.22. The minimum Gasteiger partial charge on any atom is -0.466 e. The largest absolute Gasteiger partial charge is 0.466 e.